The molecule has 1 N–H and O–H groups in total. The molecule has 0 radical (unpaired) electrons. The first-order valence-electron chi connectivity index (χ1n) is 7.13. The van der Waals surface area contributed by atoms with Gasteiger partial charge in [-0.3, -0.25) is 9.59 Å². The molecule has 1 fully saturated rings. The third-order valence-electron chi connectivity index (χ3n) is 3.86. The molecule has 0 heterocycles. The van der Waals surface area contributed by atoms with E-state index in [-0.39, 0.29) is 24.8 Å². The van der Waals surface area contributed by atoms with Crippen LogP contribution in [-0.4, -0.2) is 27.9 Å². The van der Waals surface area contributed by atoms with Crippen LogP contribution in [0.25, 0.3) is 0 Å². The van der Waals surface area contributed by atoms with Gasteiger partial charge in [0.05, 0.1) is 6.42 Å². The van der Waals surface area contributed by atoms with Crippen molar-refractivity contribution < 1.29 is 14.7 Å². The molecule has 4 heteroatoms. The Labute approximate surface area is 119 Å². The van der Waals surface area contributed by atoms with E-state index in [1.165, 1.54) is 12.8 Å². The fourth-order valence-corrected chi connectivity index (χ4v) is 2.43. The Bertz CT molecular complexity index is 468. The van der Waals surface area contributed by atoms with Gasteiger partial charge in [0.2, 0.25) is 5.91 Å². The number of amides is 1. The highest BCUT2D eigenvalue weighted by Crippen LogP contribution is 2.36. The van der Waals surface area contributed by atoms with Gasteiger partial charge in [0.25, 0.3) is 0 Å². The number of carbonyl (C=O) groups is 2. The summed E-state index contributed by atoms with van der Waals surface area (Å²) in [5.74, 6) is -0.403. The summed E-state index contributed by atoms with van der Waals surface area (Å²) in [4.78, 5) is 24.8. The van der Waals surface area contributed by atoms with Crippen LogP contribution in [0.2, 0.25) is 0 Å². The van der Waals surface area contributed by atoms with E-state index in [1.807, 2.05) is 35.2 Å². The van der Waals surface area contributed by atoms with E-state index in [1.54, 1.807) is 0 Å². The van der Waals surface area contributed by atoms with Gasteiger partial charge < -0.3 is 10.0 Å². The zero-order valence-corrected chi connectivity index (χ0v) is 11.8. The molecule has 1 aromatic carbocycles. The van der Waals surface area contributed by atoms with Gasteiger partial charge in [-0.2, -0.15) is 0 Å². The lowest BCUT2D eigenvalue weighted by molar-refractivity contribution is -0.142. The molecule has 1 atom stereocenters. The van der Waals surface area contributed by atoms with Crippen LogP contribution in [0.1, 0.15) is 38.2 Å². The van der Waals surface area contributed by atoms with E-state index in [4.69, 9.17) is 5.11 Å². The Morgan fingerprint density at radius 2 is 1.90 bits per heavy atom. The first-order chi connectivity index (χ1) is 9.58. The van der Waals surface area contributed by atoms with E-state index in [9.17, 15) is 9.59 Å². The Morgan fingerprint density at radius 1 is 1.25 bits per heavy atom. The minimum atomic E-state index is -0.919. The van der Waals surface area contributed by atoms with Crippen molar-refractivity contribution in [1.82, 2.24) is 4.90 Å². The molecule has 0 saturated heterocycles. The maximum absolute atomic E-state index is 12.3. The summed E-state index contributed by atoms with van der Waals surface area (Å²) in [6.07, 6.45) is 2.32. The molecule has 0 unspecified atom stereocenters. The summed E-state index contributed by atoms with van der Waals surface area (Å²) in [5, 5.41) is 8.72. The first kappa shape index (κ1) is 14.6. The molecule has 0 aliphatic heterocycles. The van der Waals surface area contributed by atoms with Crippen LogP contribution in [0.15, 0.2) is 30.3 Å². The highest BCUT2D eigenvalue weighted by Gasteiger charge is 2.34. The van der Waals surface area contributed by atoms with E-state index in [0.29, 0.717) is 12.5 Å². The Hall–Kier alpha value is -1.84. The predicted octanol–water partition coefficient (Wildman–Crippen LogP) is 2.68. The minimum Gasteiger partial charge on any atom is -0.481 e. The number of benzene rings is 1. The lowest BCUT2D eigenvalue weighted by atomic mass is 10.1. The second-order valence-corrected chi connectivity index (χ2v) is 5.48. The maximum Gasteiger partial charge on any atom is 0.303 e. The number of carboxylic acids is 1. The van der Waals surface area contributed by atoms with Crippen LogP contribution in [0.3, 0.4) is 0 Å². The summed E-state index contributed by atoms with van der Waals surface area (Å²) >= 11 is 0. The number of hydrogen-bond donors (Lipinski definition) is 1. The standard InChI is InChI=1S/C16H21NO3/c1-12(14-7-8-14)17(15(18)9-10-16(19)20)11-13-5-3-2-4-6-13/h2-6,12,14H,7-11H2,1H3,(H,19,20)/t12-/m0/s1. The van der Waals surface area contributed by atoms with Crippen molar-refractivity contribution in [2.24, 2.45) is 5.92 Å². The summed E-state index contributed by atoms with van der Waals surface area (Å²) in [7, 11) is 0. The topological polar surface area (TPSA) is 57.6 Å². The van der Waals surface area contributed by atoms with Crippen molar-refractivity contribution in [3.05, 3.63) is 35.9 Å². The molecular formula is C16H21NO3. The fourth-order valence-electron chi connectivity index (χ4n) is 2.43. The van der Waals surface area contributed by atoms with Crippen molar-refractivity contribution in [3.63, 3.8) is 0 Å². The molecule has 20 heavy (non-hydrogen) atoms. The van der Waals surface area contributed by atoms with Crippen molar-refractivity contribution in [2.75, 3.05) is 0 Å². The van der Waals surface area contributed by atoms with Crippen LogP contribution < -0.4 is 0 Å². The Morgan fingerprint density at radius 3 is 2.45 bits per heavy atom. The molecule has 2 rings (SSSR count). The molecular weight excluding hydrogens is 254 g/mol. The molecule has 0 bridgehead atoms. The molecule has 1 aliphatic rings. The molecule has 1 aromatic rings. The van der Waals surface area contributed by atoms with Gasteiger partial charge >= 0.3 is 5.97 Å². The summed E-state index contributed by atoms with van der Waals surface area (Å²) in [5.41, 5.74) is 1.09. The molecule has 1 saturated carbocycles. The van der Waals surface area contributed by atoms with Crippen molar-refractivity contribution in [2.45, 2.75) is 45.2 Å². The third kappa shape index (κ3) is 4.08. The molecule has 0 aromatic heterocycles. The zero-order valence-electron chi connectivity index (χ0n) is 11.8. The highest BCUT2D eigenvalue weighted by molar-refractivity contribution is 5.81. The number of carboxylic acid groups (broad SMARTS) is 1. The first-order valence-corrected chi connectivity index (χ1v) is 7.13. The Kier molecular flexibility index (Phi) is 4.77. The van der Waals surface area contributed by atoms with Crippen LogP contribution >= 0.6 is 0 Å². The second kappa shape index (κ2) is 6.55. The van der Waals surface area contributed by atoms with E-state index in [0.717, 1.165) is 5.56 Å². The lowest BCUT2D eigenvalue weighted by Crippen LogP contribution is -2.39. The number of hydrogen-bond acceptors (Lipinski definition) is 2. The van der Waals surface area contributed by atoms with Gasteiger partial charge in [0.1, 0.15) is 0 Å². The normalized spacial score (nSPS) is 15.7. The van der Waals surface area contributed by atoms with E-state index >= 15 is 0 Å². The largest absolute Gasteiger partial charge is 0.481 e. The minimum absolute atomic E-state index is 0.0596. The summed E-state index contributed by atoms with van der Waals surface area (Å²) in [6.45, 7) is 2.64. The van der Waals surface area contributed by atoms with Crippen molar-refractivity contribution >= 4 is 11.9 Å². The maximum atomic E-state index is 12.3. The zero-order chi connectivity index (χ0) is 14.5. The molecule has 0 spiro atoms. The molecule has 1 amide bonds. The monoisotopic (exact) mass is 275 g/mol. The third-order valence-corrected chi connectivity index (χ3v) is 3.86. The van der Waals surface area contributed by atoms with Gasteiger partial charge in [-0.25, -0.2) is 0 Å². The van der Waals surface area contributed by atoms with Gasteiger partial charge in [-0.05, 0) is 31.2 Å². The molecule has 4 nitrogen and oxygen atoms in total. The highest BCUT2D eigenvalue weighted by atomic mass is 16.4. The second-order valence-electron chi connectivity index (χ2n) is 5.48. The van der Waals surface area contributed by atoms with Gasteiger partial charge in [-0.1, -0.05) is 30.3 Å². The van der Waals surface area contributed by atoms with Crippen LogP contribution in [0.5, 0.6) is 0 Å². The molecule has 108 valence electrons. The SMILES string of the molecule is C[C@@H](C1CC1)N(Cc1ccccc1)C(=O)CCC(=O)O. The number of aliphatic carboxylic acids is 1. The van der Waals surface area contributed by atoms with Crippen molar-refractivity contribution in [1.29, 1.82) is 0 Å². The fraction of sp³-hybridized carbons (Fsp3) is 0.500. The summed E-state index contributed by atoms with van der Waals surface area (Å²) in [6, 6.07) is 10.0. The van der Waals surface area contributed by atoms with Gasteiger partial charge in [0, 0.05) is 19.0 Å². The van der Waals surface area contributed by atoms with Gasteiger partial charge in [-0.15, -0.1) is 0 Å². The van der Waals surface area contributed by atoms with E-state index < -0.39 is 5.97 Å². The van der Waals surface area contributed by atoms with Crippen LogP contribution in [-0.2, 0) is 16.1 Å². The quantitative estimate of drug-likeness (QED) is 0.832. The van der Waals surface area contributed by atoms with Gasteiger partial charge in [0.15, 0.2) is 0 Å². The summed E-state index contributed by atoms with van der Waals surface area (Å²) < 4.78 is 0. The van der Waals surface area contributed by atoms with Crippen molar-refractivity contribution in [3.8, 4) is 0 Å². The average molecular weight is 275 g/mol. The predicted molar refractivity (Wildman–Crippen MR) is 76.0 cm³/mol. The van der Waals surface area contributed by atoms with Crippen LogP contribution in [0, 0.1) is 5.92 Å². The number of rotatable bonds is 7. The Balaban J connectivity index is 2.03. The average Bonchev–Trinajstić information content (AvgIpc) is 3.27. The van der Waals surface area contributed by atoms with E-state index in [2.05, 4.69) is 6.92 Å². The number of nitrogens with zero attached hydrogens (tertiary/aromatic N) is 1. The van der Waals surface area contributed by atoms with Crippen LogP contribution in [0.4, 0.5) is 0 Å². The smallest absolute Gasteiger partial charge is 0.303 e. The molecule has 1 aliphatic carbocycles. The number of carbonyl (C=O) groups excluding carboxylic acids is 1. The lowest BCUT2D eigenvalue weighted by Gasteiger charge is -2.29.